The summed E-state index contributed by atoms with van der Waals surface area (Å²) >= 11 is 0. The fraction of sp³-hybridized carbons (Fsp3) is 0.474. The van der Waals surface area contributed by atoms with Crippen LogP contribution in [0.5, 0.6) is 0 Å². The van der Waals surface area contributed by atoms with Gasteiger partial charge in [-0.05, 0) is 56.7 Å². The lowest BCUT2D eigenvalue weighted by molar-refractivity contribution is -0.116. The van der Waals surface area contributed by atoms with Gasteiger partial charge in [0, 0.05) is 30.8 Å². The molecule has 1 aromatic carbocycles. The highest BCUT2D eigenvalue weighted by molar-refractivity contribution is 5.94. The first kappa shape index (κ1) is 15.8. The standard InChI is InChI=1S/C19H24N2O2/c1-13(2)9-18(22)20-11-14-3-6-16(7-4-14)19(23)21-12-15-5-8-17(21)10-15/h3-4,6-7,9,15,17H,5,8,10-12H2,1-2H3,(H,20,22)/t15-,17-/m0/s1. The number of hydrogen-bond donors (Lipinski definition) is 1. The van der Waals surface area contributed by atoms with Crippen LogP contribution in [0.1, 0.15) is 49.0 Å². The third-order valence-corrected chi connectivity index (χ3v) is 4.76. The molecular formula is C19H24N2O2. The maximum atomic E-state index is 12.6. The summed E-state index contributed by atoms with van der Waals surface area (Å²) in [5.41, 5.74) is 2.72. The number of amides is 2. The van der Waals surface area contributed by atoms with Gasteiger partial charge < -0.3 is 10.2 Å². The van der Waals surface area contributed by atoms with Gasteiger partial charge in [-0.1, -0.05) is 17.7 Å². The minimum atomic E-state index is -0.0850. The number of rotatable bonds is 4. The maximum Gasteiger partial charge on any atom is 0.254 e. The number of carbonyl (C=O) groups is 2. The molecule has 4 heteroatoms. The van der Waals surface area contributed by atoms with Gasteiger partial charge in [0.05, 0.1) is 0 Å². The van der Waals surface area contributed by atoms with E-state index in [2.05, 4.69) is 5.32 Å². The topological polar surface area (TPSA) is 49.4 Å². The van der Waals surface area contributed by atoms with Crippen LogP contribution < -0.4 is 5.32 Å². The second-order valence-corrected chi connectivity index (χ2v) is 6.93. The first-order valence-electron chi connectivity index (χ1n) is 8.35. The zero-order valence-corrected chi connectivity index (χ0v) is 13.8. The monoisotopic (exact) mass is 312 g/mol. The second-order valence-electron chi connectivity index (χ2n) is 6.93. The third kappa shape index (κ3) is 3.63. The summed E-state index contributed by atoms with van der Waals surface area (Å²) in [4.78, 5) is 26.2. The Balaban J connectivity index is 1.58. The van der Waals surface area contributed by atoms with Crippen LogP contribution in [0.3, 0.4) is 0 Å². The van der Waals surface area contributed by atoms with Crippen molar-refractivity contribution in [3.05, 3.63) is 47.0 Å². The van der Waals surface area contributed by atoms with Gasteiger partial charge in [0.25, 0.3) is 5.91 Å². The first-order valence-corrected chi connectivity index (χ1v) is 8.35. The summed E-state index contributed by atoms with van der Waals surface area (Å²) in [6.07, 6.45) is 5.20. The Hall–Kier alpha value is -2.10. The summed E-state index contributed by atoms with van der Waals surface area (Å²) < 4.78 is 0. The highest BCUT2D eigenvalue weighted by Crippen LogP contribution is 2.38. The Kier molecular flexibility index (Phi) is 4.51. The predicted octanol–water partition coefficient (Wildman–Crippen LogP) is 2.89. The van der Waals surface area contributed by atoms with Gasteiger partial charge in [-0.25, -0.2) is 0 Å². The van der Waals surface area contributed by atoms with E-state index in [-0.39, 0.29) is 11.8 Å². The molecule has 3 rings (SSSR count). The van der Waals surface area contributed by atoms with Gasteiger partial charge >= 0.3 is 0 Å². The van der Waals surface area contributed by atoms with Crippen molar-refractivity contribution in [1.82, 2.24) is 10.2 Å². The Morgan fingerprint density at radius 1 is 1.22 bits per heavy atom. The molecular weight excluding hydrogens is 288 g/mol. The van der Waals surface area contributed by atoms with Crippen molar-refractivity contribution < 1.29 is 9.59 Å². The molecule has 2 amide bonds. The minimum absolute atomic E-state index is 0.0850. The SMILES string of the molecule is CC(C)=CC(=O)NCc1ccc(C(=O)N2C[C@H]3CC[C@H]2C3)cc1. The van der Waals surface area contributed by atoms with Crippen LogP contribution in [0.4, 0.5) is 0 Å². The molecule has 0 unspecified atom stereocenters. The van der Waals surface area contributed by atoms with Crippen molar-refractivity contribution in [1.29, 1.82) is 0 Å². The lowest BCUT2D eigenvalue weighted by atomic mass is 10.1. The summed E-state index contributed by atoms with van der Waals surface area (Å²) in [6.45, 7) is 5.19. The predicted molar refractivity (Wildman–Crippen MR) is 89.9 cm³/mol. The summed E-state index contributed by atoms with van der Waals surface area (Å²) in [6, 6.07) is 8.04. The van der Waals surface area contributed by atoms with Crippen LogP contribution in [0.25, 0.3) is 0 Å². The van der Waals surface area contributed by atoms with Gasteiger partial charge in [-0.3, -0.25) is 9.59 Å². The van der Waals surface area contributed by atoms with E-state index in [1.165, 1.54) is 12.8 Å². The van der Waals surface area contributed by atoms with Crippen molar-refractivity contribution >= 4 is 11.8 Å². The molecule has 2 bridgehead atoms. The van der Waals surface area contributed by atoms with Crippen molar-refractivity contribution in [2.45, 2.75) is 45.7 Å². The quantitative estimate of drug-likeness (QED) is 0.869. The lowest BCUT2D eigenvalue weighted by Gasteiger charge is -2.27. The molecule has 1 aliphatic heterocycles. The Morgan fingerprint density at radius 2 is 1.96 bits per heavy atom. The Labute approximate surface area is 137 Å². The van der Waals surface area contributed by atoms with Crippen LogP contribution in [0.2, 0.25) is 0 Å². The number of allylic oxidation sites excluding steroid dienone is 1. The van der Waals surface area contributed by atoms with Crippen LogP contribution in [-0.2, 0) is 11.3 Å². The van der Waals surface area contributed by atoms with E-state index in [0.29, 0.717) is 18.5 Å². The molecule has 1 saturated carbocycles. The molecule has 0 radical (unpaired) electrons. The number of hydrogen-bond acceptors (Lipinski definition) is 2. The lowest BCUT2D eigenvalue weighted by Crippen LogP contribution is -2.37. The van der Waals surface area contributed by atoms with Crippen molar-refractivity contribution in [2.75, 3.05) is 6.54 Å². The van der Waals surface area contributed by atoms with Crippen LogP contribution in [0, 0.1) is 5.92 Å². The molecule has 122 valence electrons. The first-order chi connectivity index (χ1) is 11.0. The van der Waals surface area contributed by atoms with Crippen LogP contribution >= 0.6 is 0 Å². The molecule has 0 aromatic heterocycles. The molecule has 1 aromatic rings. The average Bonchev–Trinajstić information content (AvgIpc) is 3.15. The number of nitrogens with one attached hydrogen (secondary N) is 1. The van der Waals surface area contributed by atoms with Gasteiger partial charge in [0.15, 0.2) is 0 Å². The van der Waals surface area contributed by atoms with E-state index in [4.69, 9.17) is 0 Å². The third-order valence-electron chi connectivity index (χ3n) is 4.76. The Morgan fingerprint density at radius 3 is 2.52 bits per heavy atom. The van der Waals surface area contributed by atoms with E-state index in [1.807, 2.05) is 43.0 Å². The average molecular weight is 312 g/mol. The van der Waals surface area contributed by atoms with E-state index in [9.17, 15) is 9.59 Å². The van der Waals surface area contributed by atoms with Crippen molar-refractivity contribution in [3.8, 4) is 0 Å². The fourth-order valence-corrected chi connectivity index (χ4v) is 3.61. The molecule has 2 fully saturated rings. The van der Waals surface area contributed by atoms with Gasteiger partial charge in [-0.15, -0.1) is 0 Å². The number of carbonyl (C=O) groups excluding carboxylic acids is 2. The van der Waals surface area contributed by atoms with E-state index in [1.54, 1.807) is 6.08 Å². The van der Waals surface area contributed by atoms with Crippen LogP contribution in [-0.4, -0.2) is 29.3 Å². The van der Waals surface area contributed by atoms with Crippen molar-refractivity contribution in [3.63, 3.8) is 0 Å². The fourth-order valence-electron chi connectivity index (χ4n) is 3.61. The van der Waals surface area contributed by atoms with Crippen LogP contribution in [0.15, 0.2) is 35.9 Å². The van der Waals surface area contributed by atoms with E-state index >= 15 is 0 Å². The molecule has 2 aliphatic rings. The molecule has 23 heavy (non-hydrogen) atoms. The minimum Gasteiger partial charge on any atom is -0.348 e. The normalized spacial score (nSPS) is 22.1. The Bertz CT molecular complexity index is 629. The summed E-state index contributed by atoms with van der Waals surface area (Å²) in [7, 11) is 0. The molecule has 0 spiro atoms. The van der Waals surface area contributed by atoms with Gasteiger partial charge in [0.1, 0.15) is 0 Å². The van der Waals surface area contributed by atoms with E-state index < -0.39 is 0 Å². The zero-order chi connectivity index (χ0) is 16.4. The maximum absolute atomic E-state index is 12.6. The smallest absolute Gasteiger partial charge is 0.254 e. The number of benzene rings is 1. The number of fused-ring (bicyclic) bond motifs is 2. The molecule has 1 N–H and O–H groups in total. The second kappa shape index (κ2) is 6.57. The number of nitrogens with zero attached hydrogens (tertiary/aromatic N) is 1. The molecule has 1 aliphatic carbocycles. The number of likely N-dealkylation sites (tertiary alicyclic amines) is 1. The highest BCUT2D eigenvalue weighted by atomic mass is 16.2. The summed E-state index contributed by atoms with van der Waals surface area (Å²) in [5, 5.41) is 2.85. The number of piperidine rings is 1. The summed E-state index contributed by atoms with van der Waals surface area (Å²) in [5.74, 6) is 0.782. The highest BCUT2D eigenvalue weighted by Gasteiger charge is 2.40. The largest absolute Gasteiger partial charge is 0.348 e. The zero-order valence-electron chi connectivity index (χ0n) is 13.8. The van der Waals surface area contributed by atoms with Gasteiger partial charge in [0.2, 0.25) is 5.91 Å². The van der Waals surface area contributed by atoms with Crippen molar-refractivity contribution in [2.24, 2.45) is 5.92 Å². The molecule has 1 saturated heterocycles. The molecule has 1 heterocycles. The van der Waals surface area contributed by atoms with Gasteiger partial charge in [-0.2, -0.15) is 0 Å². The molecule has 4 nitrogen and oxygen atoms in total. The van der Waals surface area contributed by atoms with E-state index in [0.717, 1.165) is 29.7 Å². The molecule has 2 atom stereocenters.